The minimum Gasteiger partial charge on any atom is -0.249 e. The predicted molar refractivity (Wildman–Crippen MR) is 39.5 cm³/mol. The summed E-state index contributed by atoms with van der Waals surface area (Å²) in [5.74, 6) is 0. The van der Waals surface area contributed by atoms with Crippen LogP contribution in [0.2, 0.25) is 0 Å². The average Bonchev–Trinajstić information content (AvgIpc) is 2.35. The number of fused-ring (bicyclic) bond motifs is 1. The second kappa shape index (κ2) is 1.67. The molecule has 46 valence electrons. The van der Waals surface area contributed by atoms with Crippen LogP contribution in [0.5, 0.6) is 0 Å². The van der Waals surface area contributed by atoms with E-state index in [1.54, 1.807) is 11.3 Å². The van der Waals surface area contributed by atoms with E-state index < -0.39 is 0 Å². The zero-order valence-corrected chi connectivity index (χ0v) is 6.03. The molecule has 1 aromatic rings. The largest absolute Gasteiger partial charge is 0.249 e. The molecule has 0 fully saturated rings. The van der Waals surface area contributed by atoms with Crippen LogP contribution < -0.4 is 0 Å². The molecule has 1 heterocycles. The Bertz CT molecular complexity index is 260. The number of hydrogen-bond acceptors (Lipinski definition) is 2. The SMILES string of the molecule is CC1=CCc2ncsc21. The minimum absolute atomic E-state index is 1.05. The standard InChI is InChI=1S/C7H7NS/c1-5-2-3-6-7(5)9-4-8-6/h2,4H,3H2,1H3. The Morgan fingerprint density at radius 1 is 1.67 bits per heavy atom. The van der Waals surface area contributed by atoms with Crippen molar-refractivity contribution in [3.8, 4) is 0 Å². The van der Waals surface area contributed by atoms with Gasteiger partial charge in [-0.15, -0.1) is 11.3 Å². The molecule has 0 spiro atoms. The van der Waals surface area contributed by atoms with Crippen LogP contribution in [0.3, 0.4) is 0 Å². The highest BCUT2D eigenvalue weighted by Gasteiger charge is 2.11. The van der Waals surface area contributed by atoms with Gasteiger partial charge < -0.3 is 0 Å². The van der Waals surface area contributed by atoms with Gasteiger partial charge in [-0.3, -0.25) is 0 Å². The van der Waals surface area contributed by atoms with Crippen LogP contribution in [0, 0.1) is 0 Å². The Balaban J connectivity index is 2.62. The van der Waals surface area contributed by atoms with Crippen LogP contribution in [-0.2, 0) is 6.42 Å². The van der Waals surface area contributed by atoms with Crippen LogP contribution in [0.15, 0.2) is 11.6 Å². The van der Waals surface area contributed by atoms with E-state index >= 15 is 0 Å². The van der Waals surface area contributed by atoms with Gasteiger partial charge in [0.2, 0.25) is 0 Å². The second-order valence-electron chi connectivity index (χ2n) is 2.22. The Labute approximate surface area is 58.1 Å². The van der Waals surface area contributed by atoms with Crippen molar-refractivity contribution in [2.45, 2.75) is 13.3 Å². The number of rotatable bonds is 0. The number of thiazole rings is 1. The summed E-state index contributed by atoms with van der Waals surface area (Å²) in [6.45, 7) is 2.14. The fourth-order valence-electron chi connectivity index (χ4n) is 1.08. The van der Waals surface area contributed by atoms with Crippen LogP contribution in [0.4, 0.5) is 0 Å². The summed E-state index contributed by atoms with van der Waals surface area (Å²) in [6, 6.07) is 0. The maximum Gasteiger partial charge on any atom is 0.0801 e. The number of hydrogen-bond donors (Lipinski definition) is 0. The third-order valence-corrected chi connectivity index (χ3v) is 2.61. The lowest BCUT2D eigenvalue weighted by Gasteiger charge is -1.85. The molecule has 0 radical (unpaired) electrons. The van der Waals surface area contributed by atoms with E-state index in [4.69, 9.17) is 0 Å². The van der Waals surface area contributed by atoms with Gasteiger partial charge in [0.15, 0.2) is 0 Å². The first kappa shape index (κ1) is 5.18. The molecule has 2 heteroatoms. The van der Waals surface area contributed by atoms with Crippen LogP contribution in [-0.4, -0.2) is 4.98 Å². The van der Waals surface area contributed by atoms with Crippen molar-refractivity contribution in [1.29, 1.82) is 0 Å². The lowest BCUT2D eigenvalue weighted by atomic mass is 10.3. The summed E-state index contributed by atoms with van der Waals surface area (Å²) in [5.41, 5.74) is 4.58. The molecule has 1 aliphatic carbocycles. The smallest absolute Gasteiger partial charge is 0.0801 e. The zero-order valence-electron chi connectivity index (χ0n) is 5.22. The molecule has 2 rings (SSSR count). The first-order valence-corrected chi connectivity index (χ1v) is 3.85. The van der Waals surface area contributed by atoms with Crippen molar-refractivity contribution in [2.24, 2.45) is 0 Å². The van der Waals surface area contributed by atoms with Gasteiger partial charge in [-0.1, -0.05) is 6.08 Å². The lowest BCUT2D eigenvalue weighted by Crippen LogP contribution is -1.74. The maximum absolute atomic E-state index is 4.21. The lowest BCUT2D eigenvalue weighted by molar-refractivity contribution is 1.17. The van der Waals surface area contributed by atoms with Gasteiger partial charge >= 0.3 is 0 Å². The predicted octanol–water partition coefficient (Wildman–Crippen LogP) is 2.10. The summed E-state index contributed by atoms with van der Waals surface area (Å²) in [4.78, 5) is 5.60. The van der Waals surface area contributed by atoms with E-state index in [0.717, 1.165) is 6.42 Å². The molecule has 0 atom stereocenters. The van der Waals surface area contributed by atoms with Gasteiger partial charge in [-0.05, 0) is 12.5 Å². The Morgan fingerprint density at radius 3 is 3.33 bits per heavy atom. The zero-order chi connectivity index (χ0) is 6.27. The molecule has 0 N–H and O–H groups in total. The quantitative estimate of drug-likeness (QED) is 0.533. The summed E-state index contributed by atoms with van der Waals surface area (Å²) in [6.07, 6.45) is 3.28. The molecule has 0 bridgehead atoms. The molecule has 1 nitrogen and oxygen atoms in total. The monoisotopic (exact) mass is 137 g/mol. The number of nitrogens with zero attached hydrogens (tertiary/aromatic N) is 1. The third kappa shape index (κ3) is 0.630. The Hall–Kier alpha value is -0.630. The molecule has 0 aliphatic heterocycles. The first-order valence-electron chi connectivity index (χ1n) is 2.97. The third-order valence-electron chi connectivity index (χ3n) is 1.60. The number of allylic oxidation sites excluding steroid dienone is 2. The fourth-order valence-corrected chi connectivity index (χ4v) is 1.90. The first-order chi connectivity index (χ1) is 4.38. The van der Waals surface area contributed by atoms with Crippen molar-refractivity contribution in [3.63, 3.8) is 0 Å². The summed E-state index contributed by atoms with van der Waals surface area (Å²) >= 11 is 1.74. The van der Waals surface area contributed by atoms with E-state index in [-0.39, 0.29) is 0 Å². The highest BCUT2D eigenvalue weighted by molar-refractivity contribution is 7.11. The van der Waals surface area contributed by atoms with Crippen molar-refractivity contribution in [2.75, 3.05) is 0 Å². The fraction of sp³-hybridized carbons (Fsp3) is 0.286. The molecule has 0 amide bonds. The molecule has 0 saturated carbocycles. The van der Waals surface area contributed by atoms with E-state index in [0.29, 0.717) is 0 Å². The molecule has 0 unspecified atom stereocenters. The molecular formula is C7H7NS. The highest BCUT2D eigenvalue weighted by Crippen LogP contribution is 2.28. The van der Waals surface area contributed by atoms with Gasteiger partial charge in [0.25, 0.3) is 0 Å². The van der Waals surface area contributed by atoms with Gasteiger partial charge in [-0.25, -0.2) is 4.98 Å². The topological polar surface area (TPSA) is 12.9 Å². The van der Waals surface area contributed by atoms with Crippen molar-refractivity contribution in [1.82, 2.24) is 4.98 Å². The van der Waals surface area contributed by atoms with E-state index in [2.05, 4.69) is 18.0 Å². The molecule has 0 aromatic carbocycles. The Kier molecular flexibility index (Phi) is 0.963. The summed E-state index contributed by atoms with van der Waals surface area (Å²) in [7, 11) is 0. The van der Waals surface area contributed by atoms with Crippen molar-refractivity contribution in [3.05, 3.63) is 22.2 Å². The van der Waals surface area contributed by atoms with Gasteiger partial charge in [0.05, 0.1) is 16.1 Å². The molecule has 1 aromatic heterocycles. The molecule has 9 heavy (non-hydrogen) atoms. The molecular weight excluding hydrogens is 130 g/mol. The minimum atomic E-state index is 1.05. The van der Waals surface area contributed by atoms with E-state index in [1.807, 2.05) is 5.51 Å². The number of aromatic nitrogens is 1. The van der Waals surface area contributed by atoms with Gasteiger partial charge in [0.1, 0.15) is 0 Å². The molecule has 0 saturated heterocycles. The summed E-state index contributed by atoms with van der Waals surface area (Å²) in [5, 5.41) is 0. The second-order valence-corrected chi connectivity index (χ2v) is 3.07. The summed E-state index contributed by atoms with van der Waals surface area (Å²) < 4.78 is 0. The van der Waals surface area contributed by atoms with E-state index in [1.165, 1.54) is 16.1 Å². The van der Waals surface area contributed by atoms with Crippen molar-refractivity contribution < 1.29 is 0 Å². The molecule has 1 aliphatic rings. The van der Waals surface area contributed by atoms with Gasteiger partial charge in [-0.2, -0.15) is 0 Å². The van der Waals surface area contributed by atoms with Crippen molar-refractivity contribution >= 4 is 16.9 Å². The highest BCUT2D eigenvalue weighted by atomic mass is 32.1. The van der Waals surface area contributed by atoms with E-state index in [9.17, 15) is 0 Å². The maximum atomic E-state index is 4.21. The van der Waals surface area contributed by atoms with Crippen LogP contribution in [0.1, 0.15) is 17.5 Å². The van der Waals surface area contributed by atoms with Crippen LogP contribution in [0.25, 0.3) is 5.57 Å². The Morgan fingerprint density at radius 2 is 2.56 bits per heavy atom. The normalized spacial score (nSPS) is 15.4. The average molecular weight is 137 g/mol. The van der Waals surface area contributed by atoms with Gasteiger partial charge in [0, 0.05) is 6.42 Å². The van der Waals surface area contributed by atoms with Crippen LogP contribution >= 0.6 is 11.3 Å².